The van der Waals surface area contributed by atoms with Gasteiger partial charge < -0.3 is 5.73 Å². The van der Waals surface area contributed by atoms with Crippen molar-refractivity contribution in [3.05, 3.63) is 34.7 Å². The van der Waals surface area contributed by atoms with E-state index in [4.69, 9.17) is 5.73 Å². The molecule has 2 rings (SSSR count). The third kappa shape index (κ3) is 1.79. The van der Waals surface area contributed by atoms with Gasteiger partial charge in [0.1, 0.15) is 0 Å². The van der Waals surface area contributed by atoms with Crippen molar-refractivity contribution >= 4 is 15.4 Å². The monoisotopic (exact) mass is 237 g/mol. The van der Waals surface area contributed by atoms with E-state index in [1.54, 1.807) is 0 Å². The number of benzene rings is 1. The predicted octanol–water partition coefficient (Wildman–Crippen LogP) is 1.72. The Balaban J connectivity index is 2.64. The van der Waals surface area contributed by atoms with Gasteiger partial charge in [-0.05, 0) is 37.0 Å². The minimum absolute atomic E-state index is 0.0393. The molecule has 4 heteroatoms. The topological polar surface area (TPSA) is 60.2 Å². The number of nitrogens with two attached hydrogens (primary N) is 1. The second-order valence-corrected chi connectivity index (χ2v) is 6.06. The number of rotatable bonds is 2. The van der Waals surface area contributed by atoms with E-state index in [9.17, 15) is 8.42 Å². The van der Waals surface area contributed by atoms with E-state index >= 15 is 0 Å². The summed E-state index contributed by atoms with van der Waals surface area (Å²) in [6.45, 7) is 3.69. The standard InChI is InChI=1S/C12H15NO2S/c1-8-7-16(14,15)12-10(6-9(2)13)4-3-5-11(8)12/h3-5,7,9H,6,13H2,1-2H3. The zero-order valence-corrected chi connectivity index (χ0v) is 10.2. The molecular formula is C12H15NO2S. The molecule has 0 amide bonds. The van der Waals surface area contributed by atoms with Crippen molar-refractivity contribution in [3.8, 4) is 0 Å². The average molecular weight is 237 g/mol. The van der Waals surface area contributed by atoms with Crippen LogP contribution in [0.5, 0.6) is 0 Å². The summed E-state index contributed by atoms with van der Waals surface area (Å²) in [7, 11) is -3.25. The van der Waals surface area contributed by atoms with Crippen LogP contribution in [0.4, 0.5) is 0 Å². The highest BCUT2D eigenvalue weighted by molar-refractivity contribution is 7.95. The Morgan fingerprint density at radius 3 is 2.69 bits per heavy atom. The van der Waals surface area contributed by atoms with Crippen molar-refractivity contribution in [2.75, 3.05) is 0 Å². The minimum atomic E-state index is -3.25. The highest BCUT2D eigenvalue weighted by Gasteiger charge is 2.27. The van der Waals surface area contributed by atoms with Crippen LogP contribution in [0.1, 0.15) is 25.0 Å². The van der Waals surface area contributed by atoms with Crippen molar-refractivity contribution in [1.29, 1.82) is 0 Å². The largest absolute Gasteiger partial charge is 0.328 e. The molecule has 0 saturated carbocycles. The first kappa shape index (κ1) is 11.4. The van der Waals surface area contributed by atoms with E-state index in [2.05, 4.69) is 0 Å². The zero-order chi connectivity index (χ0) is 11.9. The lowest BCUT2D eigenvalue weighted by molar-refractivity contribution is 0.603. The van der Waals surface area contributed by atoms with Crippen LogP contribution >= 0.6 is 0 Å². The zero-order valence-electron chi connectivity index (χ0n) is 9.40. The lowest BCUT2D eigenvalue weighted by atomic mass is 10.0. The van der Waals surface area contributed by atoms with Gasteiger partial charge in [-0.1, -0.05) is 18.2 Å². The first-order valence-electron chi connectivity index (χ1n) is 5.23. The fourth-order valence-corrected chi connectivity index (χ4v) is 3.86. The van der Waals surface area contributed by atoms with Crippen molar-refractivity contribution in [1.82, 2.24) is 0 Å². The van der Waals surface area contributed by atoms with Crippen molar-refractivity contribution < 1.29 is 8.42 Å². The highest BCUT2D eigenvalue weighted by atomic mass is 32.2. The number of hydrogen-bond donors (Lipinski definition) is 1. The smallest absolute Gasteiger partial charge is 0.200 e. The first-order chi connectivity index (χ1) is 7.42. The van der Waals surface area contributed by atoms with Crippen LogP contribution in [-0.2, 0) is 16.3 Å². The molecule has 0 aromatic heterocycles. The molecule has 1 unspecified atom stereocenters. The van der Waals surface area contributed by atoms with Gasteiger partial charge in [-0.2, -0.15) is 0 Å². The lowest BCUT2D eigenvalue weighted by Gasteiger charge is -2.10. The summed E-state index contributed by atoms with van der Waals surface area (Å²) in [5.74, 6) is 0. The third-order valence-corrected chi connectivity index (χ3v) is 4.39. The van der Waals surface area contributed by atoms with Crippen LogP contribution in [0.15, 0.2) is 28.5 Å². The van der Waals surface area contributed by atoms with E-state index in [0.29, 0.717) is 11.3 Å². The van der Waals surface area contributed by atoms with Crippen LogP contribution < -0.4 is 5.73 Å². The fourth-order valence-electron chi connectivity index (χ4n) is 2.09. The number of hydrogen-bond acceptors (Lipinski definition) is 3. The maximum atomic E-state index is 11.9. The summed E-state index contributed by atoms with van der Waals surface area (Å²) >= 11 is 0. The van der Waals surface area contributed by atoms with E-state index in [1.807, 2.05) is 32.0 Å². The highest BCUT2D eigenvalue weighted by Crippen LogP contribution is 2.35. The Hall–Kier alpha value is -1.13. The van der Waals surface area contributed by atoms with Gasteiger partial charge in [-0.3, -0.25) is 0 Å². The molecular weight excluding hydrogens is 222 g/mol. The molecule has 1 aromatic rings. The second-order valence-electron chi connectivity index (χ2n) is 4.32. The van der Waals surface area contributed by atoms with Gasteiger partial charge in [0.25, 0.3) is 0 Å². The number of allylic oxidation sites excluding steroid dienone is 1. The summed E-state index contributed by atoms with van der Waals surface area (Å²) in [5.41, 5.74) is 8.17. The quantitative estimate of drug-likeness (QED) is 0.852. The van der Waals surface area contributed by atoms with E-state index < -0.39 is 9.84 Å². The van der Waals surface area contributed by atoms with Gasteiger partial charge in [0.05, 0.1) is 4.90 Å². The number of fused-ring (bicyclic) bond motifs is 1. The maximum Gasteiger partial charge on any atom is 0.200 e. The van der Waals surface area contributed by atoms with Gasteiger partial charge in [0.15, 0.2) is 0 Å². The molecule has 1 aromatic carbocycles. The van der Waals surface area contributed by atoms with E-state index in [0.717, 1.165) is 16.7 Å². The average Bonchev–Trinajstić information content (AvgIpc) is 2.37. The lowest BCUT2D eigenvalue weighted by Crippen LogP contribution is -2.19. The molecule has 1 aliphatic heterocycles. The minimum Gasteiger partial charge on any atom is -0.328 e. The Labute approximate surface area is 95.9 Å². The van der Waals surface area contributed by atoms with Crippen molar-refractivity contribution in [2.45, 2.75) is 31.2 Å². The van der Waals surface area contributed by atoms with E-state index in [-0.39, 0.29) is 6.04 Å². The van der Waals surface area contributed by atoms with Gasteiger partial charge in [-0.15, -0.1) is 0 Å². The molecule has 0 fully saturated rings. The maximum absolute atomic E-state index is 11.9. The van der Waals surface area contributed by atoms with Crippen LogP contribution in [0.2, 0.25) is 0 Å². The summed E-state index contributed by atoms with van der Waals surface area (Å²) in [4.78, 5) is 0.449. The van der Waals surface area contributed by atoms with Gasteiger partial charge in [0, 0.05) is 11.4 Å². The first-order valence-corrected chi connectivity index (χ1v) is 6.77. The molecule has 1 atom stereocenters. The Morgan fingerprint density at radius 2 is 2.06 bits per heavy atom. The molecule has 0 spiro atoms. The molecule has 0 radical (unpaired) electrons. The SMILES string of the molecule is CC1=CS(=O)(=O)c2c(CC(C)N)cccc21. The second kappa shape index (κ2) is 3.71. The summed E-state index contributed by atoms with van der Waals surface area (Å²) in [5, 5.41) is 1.34. The summed E-state index contributed by atoms with van der Waals surface area (Å²) in [6.07, 6.45) is 0.587. The molecule has 3 nitrogen and oxygen atoms in total. The van der Waals surface area contributed by atoms with Gasteiger partial charge in [0.2, 0.25) is 9.84 Å². The van der Waals surface area contributed by atoms with Crippen LogP contribution in [-0.4, -0.2) is 14.5 Å². The molecule has 0 aliphatic carbocycles. The summed E-state index contributed by atoms with van der Waals surface area (Å²) < 4.78 is 23.9. The molecule has 0 saturated heterocycles. The Bertz CT molecular complexity index is 556. The van der Waals surface area contributed by atoms with Crippen molar-refractivity contribution in [3.63, 3.8) is 0 Å². The van der Waals surface area contributed by atoms with E-state index in [1.165, 1.54) is 5.41 Å². The number of sulfone groups is 1. The van der Waals surface area contributed by atoms with Crippen LogP contribution in [0.3, 0.4) is 0 Å². The Kier molecular flexibility index (Phi) is 2.64. The molecule has 0 bridgehead atoms. The third-order valence-electron chi connectivity index (χ3n) is 2.68. The van der Waals surface area contributed by atoms with Gasteiger partial charge >= 0.3 is 0 Å². The van der Waals surface area contributed by atoms with Crippen LogP contribution in [0.25, 0.3) is 5.57 Å². The molecule has 1 aliphatic rings. The Morgan fingerprint density at radius 1 is 1.38 bits per heavy atom. The van der Waals surface area contributed by atoms with Crippen molar-refractivity contribution in [2.24, 2.45) is 5.73 Å². The summed E-state index contributed by atoms with van der Waals surface area (Å²) in [6, 6.07) is 5.53. The normalized spacial score (nSPS) is 19.1. The van der Waals surface area contributed by atoms with Gasteiger partial charge in [-0.25, -0.2) is 8.42 Å². The molecule has 16 heavy (non-hydrogen) atoms. The molecule has 86 valence electrons. The molecule has 2 N–H and O–H groups in total. The van der Waals surface area contributed by atoms with Crippen LogP contribution in [0, 0.1) is 0 Å². The predicted molar refractivity (Wildman–Crippen MR) is 64.6 cm³/mol. The molecule has 1 heterocycles. The fraction of sp³-hybridized carbons (Fsp3) is 0.333.